The first-order valence-corrected chi connectivity index (χ1v) is 8.44. The summed E-state index contributed by atoms with van der Waals surface area (Å²) in [6.45, 7) is 9.98. The fourth-order valence-electron chi connectivity index (χ4n) is 3.62. The molecule has 1 aromatic heterocycles. The van der Waals surface area contributed by atoms with Gasteiger partial charge in [-0.15, -0.1) is 0 Å². The molecule has 3 nitrogen and oxygen atoms in total. The van der Waals surface area contributed by atoms with Gasteiger partial charge in [-0.25, -0.2) is 0 Å². The summed E-state index contributed by atoms with van der Waals surface area (Å²) in [5.74, 6) is 0. The van der Waals surface area contributed by atoms with Gasteiger partial charge in [-0.2, -0.15) is 5.10 Å². The van der Waals surface area contributed by atoms with Crippen LogP contribution in [0, 0.1) is 13.8 Å². The standard InChI is InChI=1S/C17H31N3/c1-5-12-18-13(2)17-14(3)19-20(15(17)4)16-10-8-6-7-9-11-16/h13,16,18H,5-12H2,1-4H3. The fraction of sp³-hybridized carbons (Fsp3) is 0.824. The first-order valence-electron chi connectivity index (χ1n) is 8.44. The van der Waals surface area contributed by atoms with Crippen LogP contribution in [0.3, 0.4) is 0 Å². The molecule has 1 aliphatic carbocycles. The Morgan fingerprint density at radius 3 is 2.45 bits per heavy atom. The van der Waals surface area contributed by atoms with Crippen LogP contribution >= 0.6 is 0 Å². The summed E-state index contributed by atoms with van der Waals surface area (Å²) in [7, 11) is 0. The summed E-state index contributed by atoms with van der Waals surface area (Å²) in [4.78, 5) is 0. The maximum absolute atomic E-state index is 4.88. The van der Waals surface area contributed by atoms with Crippen molar-refractivity contribution in [1.82, 2.24) is 15.1 Å². The Balaban J connectivity index is 2.18. The lowest BCUT2D eigenvalue weighted by Gasteiger charge is -2.18. The lowest BCUT2D eigenvalue weighted by molar-refractivity contribution is 0.395. The molecule has 0 aromatic carbocycles. The predicted molar refractivity (Wildman–Crippen MR) is 85.1 cm³/mol. The van der Waals surface area contributed by atoms with Crippen molar-refractivity contribution in [2.24, 2.45) is 0 Å². The Bertz CT molecular complexity index is 414. The highest BCUT2D eigenvalue weighted by atomic mass is 15.3. The minimum absolute atomic E-state index is 0.412. The summed E-state index contributed by atoms with van der Waals surface area (Å²) < 4.78 is 2.33. The van der Waals surface area contributed by atoms with Gasteiger partial charge in [0.05, 0.1) is 11.7 Å². The van der Waals surface area contributed by atoms with Crippen LogP contribution in [0.5, 0.6) is 0 Å². The van der Waals surface area contributed by atoms with Gasteiger partial charge in [0.15, 0.2) is 0 Å². The van der Waals surface area contributed by atoms with E-state index in [4.69, 9.17) is 5.10 Å². The van der Waals surface area contributed by atoms with Gasteiger partial charge in [0.1, 0.15) is 0 Å². The van der Waals surface area contributed by atoms with E-state index in [9.17, 15) is 0 Å². The number of nitrogens with one attached hydrogen (secondary N) is 1. The number of hydrogen-bond acceptors (Lipinski definition) is 2. The zero-order valence-electron chi connectivity index (χ0n) is 13.7. The quantitative estimate of drug-likeness (QED) is 0.805. The molecule has 1 fully saturated rings. The molecule has 1 aromatic rings. The van der Waals surface area contributed by atoms with Crippen LogP contribution in [0.2, 0.25) is 0 Å². The molecule has 0 aliphatic heterocycles. The van der Waals surface area contributed by atoms with Crippen LogP contribution < -0.4 is 5.32 Å². The van der Waals surface area contributed by atoms with Crippen molar-refractivity contribution in [1.29, 1.82) is 0 Å². The number of rotatable bonds is 5. The number of aromatic nitrogens is 2. The van der Waals surface area contributed by atoms with Gasteiger partial charge in [-0.1, -0.05) is 32.6 Å². The molecule has 0 saturated heterocycles. The third kappa shape index (κ3) is 3.43. The molecule has 1 N–H and O–H groups in total. The van der Waals surface area contributed by atoms with Gasteiger partial charge in [0.2, 0.25) is 0 Å². The van der Waals surface area contributed by atoms with Gasteiger partial charge in [-0.05, 0) is 46.6 Å². The van der Waals surface area contributed by atoms with Crippen LogP contribution in [0.1, 0.15) is 87.8 Å². The average Bonchev–Trinajstić information content (AvgIpc) is 2.62. The van der Waals surface area contributed by atoms with E-state index in [0.717, 1.165) is 6.54 Å². The Kier molecular flexibility index (Phi) is 5.64. The second kappa shape index (κ2) is 7.26. The number of nitrogens with zero attached hydrogens (tertiary/aromatic N) is 2. The monoisotopic (exact) mass is 277 g/mol. The second-order valence-corrected chi connectivity index (χ2v) is 6.35. The maximum atomic E-state index is 4.88. The van der Waals surface area contributed by atoms with E-state index in [1.807, 2.05) is 0 Å². The van der Waals surface area contributed by atoms with Crippen molar-refractivity contribution in [3.8, 4) is 0 Å². The van der Waals surface area contributed by atoms with Crippen molar-refractivity contribution in [3.05, 3.63) is 17.0 Å². The molecule has 114 valence electrons. The molecule has 1 heterocycles. The van der Waals surface area contributed by atoms with Crippen molar-refractivity contribution >= 4 is 0 Å². The molecular formula is C17H31N3. The molecule has 0 radical (unpaired) electrons. The van der Waals surface area contributed by atoms with Gasteiger partial charge < -0.3 is 5.32 Å². The first kappa shape index (κ1) is 15.6. The van der Waals surface area contributed by atoms with Gasteiger partial charge in [0.25, 0.3) is 0 Å². The molecule has 1 atom stereocenters. The Labute approximate surface area is 124 Å². The summed E-state index contributed by atoms with van der Waals surface area (Å²) in [5, 5.41) is 8.49. The molecule has 1 aliphatic rings. The molecule has 1 saturated carbocycles. The van der Waals surface area contributed by atoms with Gasteiger partial charge in [-0.3, -0.25) is 4.68 Å². The Morgan fingerprint density at radius 1 is 1.20 bits per heavy atom. The SMILES string of the molecule is CCCNC(C)c1c(C)nn(C2CCCCCC2)c1C. The molecule has 1 unspecified atom stereocenters. The number of aryl methyl sites for hydroxylation is 1. The van der Waals surface area contributed by atoms with Crippen molar-refractivity contribution in [3.63, 3.8) is 0 Å². The lowest BCUT2D eigenvalue weighted by atomic mass is 10.1. The average molecular weight is 277 g/mol. The highest BCUT2D eigenvalue weighted by molar-refractivity contribution is 5.28. The number of hydrogen-bond donors (Lipinski definition) is 1. The topological polar surface area (TPSA) is 29.9 Å². The van der Waals surface area contributed by atoms with E-state index >= 15 is 0 Å². The smallest absolute Gasteiger partial charge is 0.0644 e. The third-order valence-corrected chi connectivity index (χ3v) is 4.69. The molecule has 0 amide bonds. The molecule has 0 bridgehead atoms. The molecule has 20 heavy (non-hydrogen) atoms. The highest BCUT2D eigenvalue weighted by Crippen LogP contribution is 2.31. The first-order chi connectivity index (χ1) is 9.65. The minimum atomic E-state index is 0.412. The van der Waals surface area contributed by atoms with E-state index in [0.29, 0.717) is 12.1 Å². The van der Waals surface area contributed by atoms with E-state index in [1.165, 1.54) is 61.9 Å². The predicted octanol–water partition coefficient (Wildman–Crippen LogP) is 4.46. The minimum Gasteiger partial charge on any atom is -0.310 e. The van der Waals surface area contributed by atoms with Crippen LogP contribution in [-0.4, -0.2) is 16.3 Å². The van der Waals surface area contributed by atoms with Gasteiger partial charge in [0, 0.05) is 17.3 Å². The summed E-state index contributed by atoms with van der Waals surface area (Å²) in [6, 6.07) is 1.04. The normalized spacial score (nSPS) is 19.0. The van der Waals surface area contributed by atoms with E-state index < -0.39 is 0 Å². The summed E-state index contributed by atoms with van der Waals surface area (Å²) in [6.07, 6.45) is 9.31. The van der Waals surface area contributed by atoms with Crippen molar-refractivity contribution in [2.75, 3.05) is 6.54 Å². The molecule has 2 rings (SSSR count). The lowest BCUT2D eigenvalue weighted by Crippen LogP contribution is -2.20. The summed E-state index contributed by atoms with van der Waals surface area (Å²) in [5.41, 5.74) is 4.01. The van der Waals surface area contributed by atoms with Crippen LogP contribution in [0.25, 0.3) is 0 Å². The Hall–Kier alpha value is -0.830. The molecular weight excluding hydrogens is 246 g/mol. The largest absolute Gasteiger partial charge is 0.310 e. The van der Waals surface area contributed by atoms with Crippen molar-refractivity contribution in [2.45, 2.75) is 84.7 Å². The van der Waals surface area contributed by atoms with Gasteiger partial charge >= 0.3 is 0 Å². The van der Waals surface area contributed by atoms with E-state index in [2.05, 4.69) is 37.7 Å². The third-order valence-electron chi connectivity index (χ3n) is 4.69. The maximum Gasteiger partial charge on any atom is 0.0644 e. The van der Waals surface area contributed by atoms with Crippen LogP contribution in [-0.2, 0) is 0 Å². The zero-order chi connectivity index (χ0) is 14.5. The molecule has 0 spiro atoms. The Morgan fingerprint density at radius 2 is 1.85 bits per heavy atom. The molecule has 3 heteroatoms. The highest BCUT2D eigenvalue weighted by Gasteiger charge is 2.22. The van der Waals surface area contributed by atoms with E-state index in [1.54, 1.807) is 0 Å². The second-order valence-electron chi connectivity index (χ2n) is 6.35. The van der Waals surface area contributed by atoms with Crippen LogP contribution in [0.15, 0.2) is 0 Å². The van der Waals surface area contributed by atoms with Crippen LogP contribution in [0.4, 0.5) is 0 Å². The zero-order valence-corrected chi connectivity index (χ0v) is 13.7. The fourth-order valence-corrected chi connectivity index (χ4v) is 3.62. The van der Waals surface area contributed by atoms with Crippen molar-refractivity contribution < 1.29 is 0 Å². The summed E-state index contributed by atoms with van der Waals surface area (Å²) >= 11 is 0. The van der Waals surface area contributed by atoms with E-state index in [-0.39, 0.29) is 0 Å².